The van der Waals surface area contributed by atoms with E-state index in [2.05, 4.69) is 0 Å². The van der Waals surface area contributed by atoms with Crippen molar-refractivity contribution in [3.8, 4) is 5.75 Å². The highest BCUT2D eigenvalue weighted by molar-refractivity contribution is 5.27. The van der Waals surface area contributed by atoms with Gasteiger partial charge in [-0.2, -0.15) is 0 Å². The predicted molar refractivity (Wildman–Crippen MR) is 59.3 cm³/mol. The zero-order valence-corrected chi connectivity index (χ0v) is 8.79. The summed E-state index contributed by atoms with van der Waals surface area (Å²) in [7, 11) is 0. The van der Waals surface area contributed by atoms with Gasteiger partial charge in [0, 0.05) is 6.54 Å². The fourth-order valence-electron chi connectivity index (χ4n) is 1.00. The lowest BCUT2D eigenvalue weighted by Gasteiger charge is -2.06. The van der Waals surface area contributed by atoms with Crippen LogP contribution >= 0.6 is 0 Å². The van der Waals surface area contributed by atoms with E-state index in [1.165, 1.54) is 5.57 Å². The maximum atomic E-state index is 5.55. The SMILES string of the molecule is C/C=C(\C)COc1ccc(CN)cc1. The summed E-state index contributed by atoms with van der Waals surface area (Å²) in [6.45, 7) is 5.29. The molecule has 0 heterocycles. The standard InChI is InChI=1S/C12H17NO/c1-3-10(2)9-14-12-6-4-11(8-13)5-7-12/h3-7H,8-9,13H2,1-2H3/b10-3+. The Balaban J connectivity index is 2.52. The maximum Gasteiger partial charge on any atom is 0.119 e. The van der Waals surface area contributed by atoms with Crippen LogP contribution in [0.3, 0.4) is 0 Å². The fourth-order valence-corrected chi connectivity index (χ4v) is 1.00. The monoisotopic (exact) mass is 191 g/mol. The number of nitrogens with two attached hydrogens (primary N) is 1. The number of benzene rings is 1. The van der Waals surface area contributed by atoms with Crippen LogP contribution in [0.1, 0.15) is 19.4 Å². The van der Waals surface area contributed by atoms with Crippen molar-refractivity contribution in [2.24, 2.45) is 5.73 Å². The third kappa shape index (κ3) is 3.23. The average molecular weight is 191 g/mol. The lowest BCUT2D eigenvalue weighted by atomic mass is 10.2. The maximum absolute atomic E-state index is 5.55. The summed E-state index contributed by atoms with van der Waals surface area (Å²) in [5.41, 5.74) is 7.85. The summed E-state index contributed by atoms with van der Waals surface area (Å²) in [6.07, 6.45) is 2.05. The first kappa shape index (κ1) is 10.8. The Morgan fingerprint density at radius 3 is 2.50 bits per heavy atom. The number of hydrogen-bond donors (Lipinski definition) is 1. The van der Waals surface area contributed by atoms with E-state index < -0.39 is 0 Å². The molecule has 0 aliphatic heterocycles. The molecule has 1 aromatic carbocycles. The highest BCUT2D eigenvalue weighted by atomic mass is 16.5. The van der Waals surface area contributed by atoms with Gasteiger partial charge in [-0.15, -0.1) is 0 Å². The van der Waals surface area contributed by atoms with Gasteiger partial charge in [0.15, 0.2) is 0 Å². The van der Waals surface area contributed by atoms with Crippen LogP contribution in [0.5, 0.6) is 5.75 Å². The van der Waals surface area contributed by atoms with Crippen LogP contribution in [-0.2, 0) is 6.54 Å². The summed E-state index contributed by atoms with van der Waals surface area (Å²) >= 11 is 0. The van der Waals surface area contributed by atoms with E-state index in [9.17, 15) is 0 Å². The molecule has 14 heavy (non-hydrogen) atoms. The van der Waals surface area contributed by atoms with E-state index in [1.807, 2.05) is 44.2 Å². The van der Waals surface area contributed by atoms with Gasteiger partial charge in [0.05, 0.1) is 0 Å². The van der Waals surface area contributed by atoms with Gasteiger partial charge in [0.25, 0.3) is 0 Å². The van der Waals surface area contributed by atoms with Crippen LogP contribution < -0.4 is 10.5 Å². The molecule has 1 rings (SSSR count). The average Bonchev–Trinajstić information content (AvgIpc) is 2.26. The van der Waals surface area contributed by atoms with Crippen molar-refractivity contribution in [1.29, 1.82) is 0 Å². The highest BCUT2D eigenvalue weighted by Crippen LogP contribution is 2.12. The zero-order chi connectivity index (χ0) is 10.4. The molecule has 1 aromatic rings. The van der Waals surface area contributed by atoms with Gasteiger partial charge in [-0.3, -0.25) is 0 Å². The molecule has 0 aliphatic carbocycles. The van der Waals surface area contributed by atoms with Gasteiger partial charge >= 0.3 is 0 Å². The third-order valence-corrected chi connectivity index (χ3v) is 2.12. The molecule has 0 saturated heterocycles. The van der Waals surface area contributed by atoms with Gasteiger partial charge in [-0.1, -0.05) is 18.2 Å². The lowest BCUT2D eigenvalue weighted by molar-refractivity contribution is 0.352. The lowest BCUT2D eigenvalue weighted by Crippen LogP contribution is -1.99. The molecule has 0 spiro atoms. The van der Waals surface area contributed by atoms with Gasteiger partial charge < -0.3 is 10.5 Å². The van der Waals surface area contributed by atoms with Crippen LogP contribution in [-0.4, -0.2) is 6.61 Å². The topological polar surface area (TPSA) is 35.2 Å². The fraction of sp³-hybridized carbons (Fsp3) is 0.333. The molecule has 0 fully saturated rings. The van der Waals surface area contributed by atoms with Gasteiger partial charge in [0.1, 0.15) is 12.4 Å². The first-order valence-corrected chi connectivity index (χ1v) is 4.80. The summed E-state index contributed by atoms with van der Waals surface area (Å²) in [5.74, 6) is 0.892. The Bertz CT molecular complexity index is 301. The number of allylic oxidation sites excluding steroid dienone is 1. The van der Waals surface area contributed by atoms with Crippen LogP contribution in [0.15, 0.2) is 35.9 Å². The van der Waals surface area contributed by atoms with Gasteiger partial charge in [0.2, 0.25) is 0 Å². The Morgan fingerprint density at radius 1 is 1.36 bits per heavy atom. The third-order valence-electron chi connectivity index (χ3n) is 2.12. The molecule has 2 heteroatoms. The van der Waals surface area contributed by atoms with E-state index in [0.29, 0.717) is 13.2 Å². The van der Waals surface area contributed by atoms with E-state index in [4.69, 9.17) is 10.5 Å². The molecule has 0 aromatic heterocycles. The highest BCUT2D eigenvalue weighted by Gasteiger charge is 1.94. The van der Waals surface area contributed by atoms with E-state index in [0.717, 1.165) is 11.3 Å². The molecule has 0 saturated carbocycles. The second-order valence-electron chi connectivity index (χ2n) is 3.27. The van der Waals surface area contributed by atoms with Crippen LogP contribution in [0.2, 0.25) is 0 Å². The minimum atomic E-state index is 0.578. The van der Waals surface area contributed by atoms with Crippen molar-refractivity contribution in [3.63, 3.8) is 0 Å². The molecule has 0 radical (unpaired) electrons. The molecular formula is C12H17NO. The molecule has 2 N–H and O–H groups in total. The molecule has 0 amide bonds. The van der Waals surface area contributed by atoms with E-state index >= 15 is 0 Å². The summed E-state index contributed by atoms with van der Waals surface area (Å²) in [5, 5.41) is 0. The van der Waals surface area contributed by atoms with Crippen molar-refractivity contribution in [2.75, 3.05) is 6.61 Å². The largest absolute Gasteiger partial charge is 0.489 e. The van der Waals surface area contributed by atoms with E-state index in [-0.39, 0.29) is 0 Å². The van der Waals surface area contributed by atoms with Crippen molar-refractivity contribution in [3.05, 3.63) is 41.5 Å². The summed E-state index contributed by atoms with van der Waals surface area (Å²) in [4.78, 5) is 0. The van der Waals surface area contributed by atoms with E-state index in [1.54, 1.807) is 0 Å². The molecule has 2 nitrogen and oxygen atoms in total. The van der Waals surface area contributed by atoms with Crippen molar-refractivity contribution >= 4 is 0 Å². The Kier molecular flexibility index (Phi) is 4.20. The van der Waals surface area contributed by atoms with Crippen molar-refractivity contribution in [1.82, 2.24) is 0 Å². The number of ether oxygens (including phenoxy) is 1. The molecule has 0 unspecified atom stereocenters. The smallest absolute Gasteiger partial charge is 0.119 e. The van der Waals surface area contributed by atoms with Gasteiger partial charge in [-0.25, -0.2) is 0 Å². The second kappa shape index (κ2) is 5.45. The Morgan fingerprint density at radius 2 is 2.00 bits per heavy atom. The van der Waals surface area contributed by atoms with Crippen LogP contribution in [0.25, 0.3) is 0 Å². The van der Waals surface area contributed by atoms with Gasteiger partial charge in [-0.05, 0) is 37.1 Å². The predicted octanol–water partition coefficient (Wildman–Crippen LogP) is 2.49. The molecule has 0 bridgehead atoms. The summed E-state index contributed by atoms with van der Waals surface area (Å²) in [6, 6.07) is 7.87. The molecular weight excluding hydrogens is 174 g/mol. The van der Waals surface area contributed by atoms with Crippen molar-refractivity contribution in [2.45, 2.75) is 20.4 Å². The number of hydrogen-bond acceptors (Lipinski definition) is 2. The minimum Gasteiger partial charge on any atom is -0.489 e. The summed E-state index contributed by atoms with van der Waals surface area (Å²) < 4.78 is 5.55. The van der Waals surface area contributed by atoms with Crippen molar-refractivity contribution < 1.29 is 4.74 Å². The molecule has 76 valence electrons. The first-order valence-electron chi connectivity index (χ1n) is 4.80. The quantitative estimate of drug-likeness (QED) is 0.742. The zero-order valence-electron chi connectivity index (χ0n) is 8.79. The Labute approximate surface area is 85.4 Å². The number of rotatable bonds is 4. The first-order chi connectivity index (χ1) is 6.76. The minimum absolute atomic E-state index is 0.578. The Hall–Kier alpha value is -1.28. The second-order valence-corrected chi connectivity index (χ2v) is 3.27. The molecule has 0 aliphatic rings. The van der Waals surface area contributed by atoms with Crippen LogP contribution in [0.4, 0.5) is 0 Å². The normalized spacial score (nSPS) is 11.5. The van der Waals surface area contributed by atoms with Crippen LogP contribution in [0, 0.1) is 0 Å². The molecule has 0 atom stereocenters.